The first-order chi connectivity index (χ1) is 16.7. The second kappa shape index (κ2) is 8.36. The van der Waals surface area contributed by atoms with E-state index in [0.717, 1.165) is 18.4 Å². The third kappa shape index (κ3) is 3.52. The maximum Gasteiger partial charge on any atom is 0.309 e. The molecule has 0 radical (unpaired) electrons. The highest BCUT2D eigenvalue weighted by Crippen LogP contribution is 2.68. The van der Waals surface area contributed by atoms with Crippen molar-refractivity contribution in [2.45, 2.75) is 115 Å². The number of aliphatic hydroxyl groups is 4. The van der Waals surface area contributed by atoms with Gasteiger partial charge in [0.15, 0.2) is 5.78 Å². The number of ether oxygens (including phenoxy) is 1. The van der Waals surface area contributed by atoms with Crippen LogP contribution in [0.1, 0.15) is 86.0 Å². The first-order valence-electron chi connectivity index (χ1n) is 13.9. The van der Waals surface area contributed by atoms with E-state index in [2.05, 4.69) is 6.92 Å². The van der Waals surface area contributed by atoms with Crippen molar-refractivity contribution in [3.8, 4) is 0 Å². The van der Waals surface area contributed by atoms with Gasteiger partial charge in [-0.15, -0.1) is 0 Å². The molecule has 1 heterocycles. The highest BCUT2D eigenvalue weighted by atomic mass is 16.6. The quantitative estimate of drug-likeness (QED) is 0.434. The van der Waals surface area contributed by atoms with Crippen molar-refractivity contribution in [3.63, 3.8) is 0 Å². The molecule has 3 saturated carbocycles. The van der Waals surface area contributed by atoms with Crippen molar-refractivity contribution in [2.24, 2.45) is 40.4 Å². The topological polar surface area (TPSA) is 124 Å². The molecule has 0 aromatic heterocycles. The van der Waals surface area contributed by atoms with Crippen LogP contribution in [0.3, 0.4) is 0 Å². The Labute approximate surface area is 214 Å². The maximum atomic E-state index is 13.3. The molecule has 7 nitrogen and oxygen atoms in total. The fraction of sp³-hybridized carbons (Fsp3) is 0.862. The van der Waals surface area contributed by atoms with E-state index in [1.165, 1.54) is 0 Å². The van der Waals surface area contributed by atoms with Crippen LogP contribution in [0.5, 0.6) is 0 Å². The molecule has 4 N–H and O–H groups in total. The Hall–Kier alpha value is -1.28. The van der Waals surface area contributed by atoms with Gasteiger partial charge in [0.25, 0.3) is 0 Å². The molecule has 202 valence electrons. The third-order valence-electron chi connectivity index (χ3n) is 11.8. The summed E-state index contributed by atoms with van der Waals surface area (Å²) in [5.41, 5.74) is -2.54. The van der Waals surface area contributed by atoms with E-state index in [-0.39, 0.29) is 53.9 Å². The number of allylic oxidation sites excluding steroid dienone is 1. The molecule has 5 rings (SSSR count). The minimum Gasteiger partial charge on any atom is -0.462 e. The summed E-state index contributed by atoms with van der Waals surface area (Å²) in [5, 5.41) is 44.9. The van der Waals surface area contributed by atoms with Crippen LogP contribution in [0.2, 0.25) is 0 Å². The Kier molecular flexibility index (Phi) is 6.11. The van der Waals surface area contributed by atoms with Crippen molar-refractivity contribution >= 4 is 11.8 Å². The van der Waals surface area contributed by atoms with Crippen LogP contribution in [0, 0.1) is 40.4 Å². The molecule has 5 aliphatic rings. The minimum atomic E-state index is -1.19. The maximum absolute atomic E-state index is 13.3. The number of hydrogen-bond acceptors (Lipinski definition) is 7. The summed E-state index contributed by atoms with van der Waals surface area (Å²) in [4.78, 5) is 25.3. The van der Waals surface area contributed by atoms with Crippen LogP contribution in [-0.4, -0.2) is 61.7 Å². The number of cyclic esters (lactones) is 1. The van der Waals surface area contributed by atoms with Crippen LogP contribution >= 0.6 is 0 Å². The van der Waals surface area contributed by atoms with Gasteiger partial charge in [0.2, 0.25) is 0 Å². The average Bonchev–Trinajstić information content (AvgIpc) is 3.21. The van der Waals surface area contributed by atoms with Gasteiger partial charge in [0, 0.05) is 17.3 Å². The van der Waals surface area contributed by atoms with Gasteiger partial charge in [-0.1, -0.05) is 20.8 Å². The first kappa shape index (κ1) is 26.3. The lowest BCUT2D eigenvalue weighted by Crippen LogP contribution is -2.61. The number of carbonyl (C=O) groups is 2. The molecule has 1 saturated heterocycles. The standard InChI is InChI=1S/C29H44O7/c1-15-17(16(2)36-25(15)33)6-10-28(5,34)24-8-11-29(35)19-12-21(30)20-13-22(31)23(32)14-26(20,3)18(19)7-9-27(24,29)4/h12,15-18,20,22-24,31-32,34-35H,6-11,13-14H2,1-5H3. The Bertz CT molecular complexity index is 973. The molecule has 0 bridgehead atoms. The predicted octanol–water partition coefficient (Wildman–Crippen LogP) is 2.92. The van der Waals surface area contributed by atoms with Crippen molar-refractivity contribution in [2.75, 3.05) is 0 Å². The molecule has 1 aliphatic heterocycles. The van der Waals surface area contributed by atoms with Crippen LogP contribution in [0.25, 0.3) is 0 Å². The van der Waals surface area contributed by atoms with Gasteiger partial charge >= 0.3 is 5.97 Å². The number of ketones is 1. The highest BCUT2D eigenvalue weighted by Gasteiger charge is 2.68. The molecule has 4 fully saturated rings. The largest absolute Gasteiger partial charge is 0.462 e. The molecule has 0 amide bonds. The first-order valence-corrected chi connectivity index (χ1v) is 13.9. The summed E-state index contributed by atoms with van der Waals surface area (Å²) in [7, 11) is 0. The monoisotopic (exact) mass is 504 g/mol. The number of aliphatic hydroxyl groups excluding tert-OH is 2. The highest BCUT2D eigenvalue weighted by molar-refractivity contribution is 5.95. The Morgan fingerprint density at radius 1 is 1.08 bits per heavy atom. The second-order valence-corrected chi connectivity index (χ2v) is 13.6. The van der Waals surface area contributed by atoms with E-state index in [9.17, 15) is 30.0 Å². The van der Waals surface area contributed by atoms with Gasteiger partial charge in [-0.05, 0) is 94.1 Å². The molecule has 12 atom stereocenters. The summed E-state index contributed by atoms with van der Waals surface area (Å²) in [6, 6.07) is 0. The number of fused-ring (bicyclic) bond motifs is 5. The molecular weight excluding hydrogens is 460 g/mol. The van der Waals surface area contributed by atoms with Gasteiger partial charge in [0.1, 0.15) is 6.10 Å². The van der Waals surface area contributed by atoms with Gasteiger partial charge in [-0.25, -0.2) is 0 Å². The van der Waals surface area contributed by atoms with E-state index in [4.69, 9.17) is 4.74 Å². The minimum absolute atomic E-state index is 0.0347. The molecule has 4 aliphatic carbocycles. The lowest BCUT2D eigenvalue weighted by molar-refractivity contribution is -0.161. The van der Waals surface area contributed by atoms with E-state index < -0.39 is 34.2 Å². The smallest absolute Gasteiger partial charge is 0.309 e. The van der Waals surface area contributed by atoms with Gasteiger partial charge in [-0.3, -0.25) is 9.59 Å². The van der Waals surface area contributed by atoms with Crippen LogP contribution in [0.4, 0.5) is 0 Å². The van der Waals surface area contributed by atoms with Gasteiger partial charge in [0.05, 0.1) is 29.3 Å². The number of esters is 1. The molecule has 0 aromatic rings. The lowest BCUT2D eigenvalue weighted by Gasteiger charge is -2.60. The Morgan fingerprint density at radius 2 is 1.78 bits per heavy atom. The Morgan fingerprint density at radius 3 is 2.42 bits per heavy atom. The zero-order valence-corrected chi connectivity index (χ0v) is 22.4. The summed E-state index contributed by atoms with van der Waals surface area (Å²) < 4.78 is 5.40. The fourth-order valence-electron chi connectivity index (χ4n) is 9.44. The van der Waals surface area contributed by atoms with E-state index in [1.807, 2.05) is 27.7 Å². The van der Waals surface area contributed by atoms with E-state index in [1.54, 1.807) is 6.08 Å². The molecule has 12 unspecified atom stereocenters. The summed E-state index contributed by atoms with van der Waals surface area (Å²) >= 11 is 0. The average molecular weight is 505 g/mol. The summed E-state index contributed by atoms with van der Waals surface area (Å²) in [5.74, 6) is -0.883. The van der Waals surface area contributed by atoms with Crippen LogP contribution in [0.15, 0.2) is 11.6 Å². The normalized spacial score (nSPS) is 52.1. The molecule has 7 heteroatoms. The lowest BCUT2D eigenvalue weighted by atomic mass is 9.45. The van der Waals surface area contributed by atoms with Crippen molar-refractivity contribution in [1.29, 1.82) is 0 Å². The van der Waals surface area contributed by atoms with Gasteiger partial charge in [-0.2, -0.15) is 0 Å². The number of carbonyl (C=O) groups excluding carboxylic acids is 2. The number of hydrogen-bond donors (Lipinski definition) is 4. The van der Waals surface area contributed by atoms with Crippen LogP contribution < -0.4 is 0 Å². The zero-order valence-electron chi connectivity index (χ0n) is 22.4. The number of rotatable bonds is 4. The fourth-order valence-corrected chi connectivity index (χ4v) is 9.44. The summed E-state index contributed by atoms with van der Waals surface area (Å²) in [6.07, 6.45) is 4.18. The Balaban J connectivity index is 1.41. The molecular formula is C29H44O7. The van der Waals surface area contributed by atoms with Crippen molar-refractivity contribution in [1.82, 2.24) is 0 Å². The zero-order chi connectivity index (χ0) is 26.4. The molecule has 0 aromatic carbocycles. The molecule has 0 spiro atoms. The van der Waals surface area contributed by atoms with Crippen molar-refractivity contribution in [3.05, 3.63) is 11.6 Å². The third-order valence-corrected chi connectivity index (χ3v) is 11.8. The van der Waals surface area contributed by atoms with Crippen LogP contribution in [-0.2, 0) is 14.3 Å². The molecule has 36 heavy (non-hydrogen) atoms. The van der Waals surface area contributed by atoms with E-state index >= 15 is 0 Å². The predicted molar refractivity (Wildman–Crippen MR) is 133 cm³/mol. The SMILES string of the molecule is CC1OC(=O)C(C)C1CCC(C)(O)C1CCC2(O)C3=CC(=O)C4CC(O)C(O)CC4(C)C3CCC12C. The van der Waals surface area contributed by atoms with Crippen molar-refractivity contribution < 1.29 is 34.8 Å². The summed E-state index contributed by atoms with van der Waals surface area (Å²) in [6.45, 7) is 9.79. The second-order valence-electron chi connectivity index (χ2n) is 13.6. The van der Waals surface area contributed by atoms with E-state index in [0.29, 0.717) is 32.1 Å². The van der Waals surface area contributed by atoms with Gasteiger partial charge < -0.3 is 25.2 Å².